The number of ether oxygens (including phenoxy) is 2. The van der Waals surface area contributed by atoms with Crippen LogP contribution in [-0.2, 0) is 6.54 Å². The number of carbonyl (C=O) groups is 1. The van der Waals surface area contributed by atoms with E-state index in [2.05, 4.69) is 44.3 Å². The Morgan fingerprint density at radius 2 is 2.12 bits per heavy atom. The summed E-state index contributed by atoms with van der Waals surface area (Å²) in [6.45, 7) is 5.06. The van der Waals surface area contributed by atoms with Gasteiger partial charge in [-0.15, -0.1) is 0 Å². The first-order valence-electron chi connectivity index (χ1n) is 10.3. The zero-order valence-electron chi connectivity index (χ0n) is 18.5. The van der Waals surface area contributed by atoms with Crippen molar-refractivity contribution in [2.75, 3.05) is 7.11 Å². The Hall–Kier alpha value is -4.34. The molecule has 0 bridgehead atoms. The van der Waals surface area contributed by atoms with Gasteiger partial charge in [0, 0.05) is 30.6 Å². The minimum absolute atomic E-state index is 0.356. The zero-order valence-corrected chi connectivity index (χ0v) is 18.5. The lowest BCUT2D eigenvalue weighted by Crippen LogP contribution is -2.17. The van der Waals surface area contributed by atoms with Gasteiger partial charge in [0.05, 0.1) is 25.2 Å². The highest BCUT2D eigenvalue weighted by Gasteiger charge is 2.14. The van der Waals surface area contributed by atoms with Crippen LogP contribution in [0.15, 0.2) is 60.5 Å². The molecule has 0 unspecified atom stereocenters. The number of rotatable bonds is 8. The maximum absolute atomic E-state index is 12.1. The molecular weight excluding hydrogens is 422 g/mol. The third kappa shape index (κ3) is 5.12. The molecule has 10 heteroatoms. The van der Waals surface area contributed by atoms with Gasteiger partial charge in [-0.2, -0.15) is 10.1 Å². The van der Waals surface area contributed by atoms with Crippen molar-refractivity contribution in [1.82, 2.24) is 29.9 Å². The number of amides is 1. The van der Waals surface area contributed by atoms with Crippen LogP contribution in [0.1, 0.15) is 29.8 Å². The van der Waals surface area contributed by atoms with E-state index in [1.54, 1.807) is 50.0 Å². The van der Waals surface area contributed by atoms with Gasteiger partial charge in [-0.3, -0.25) is 9.78 Å². The molecule has 1 amide bonds. The van der Waals surface area contributed by atoms with Crippen molar-refractivity contribution < 1.29 is 14.3 Å². The molecule has 0 aliphatic heterocycles. The van der Waals surface area contributed by atoms with Crippen molar-refractivity contribution in [2.45, 2.75) is 20.4 Å². The summed E-state index contributed by atoms with van der Waals surface area (Å²) in [6.07, 6.45) is 7.75. The van der Waals surface area contributed by atoms with Gasteiger partial charge in [-0.05, 0) is 30.2 Å². The lowest BCUT2D eigenvalue weighted by molar-refractivity contribution is 0.0954. The Morgan fingerprint density at radius 3 is 2.88 bits per heavy atom. The minimum Gasteiger partial charge on any atom is -0.496 e. The van der Waals surface area contributed by atoms with Gasteiger partial charge in [0.1, 0.15) is 17.8 Å². The number of pyridine rings is 1. The van der Waals surface area contributed by atoms with Crippen molar-refractivity contribution in [1.29, 1.82) is 0 Å². The quantitative estimate of drug-likeness (QED) is 0.326. The van der Waals surface area contributed by atoms with Crippen LogP contribution in [0.4, 0.5) is 0 Å². The Bertz CT molecular complexity index is 1290. The summed E-state index contributed by atoms with van der Waals surface area (Å²) in [6, 6.07) is 8.57. The molecule has 1 N–H and O–H groups in total. The van der Waals surface area contributed by atoms with E-state index >= 15 is 0 Å². The van der Waals surface area contributed by atoms with Crippen molar-refractivity contribution in [3.05, 3.63) is 66.5 Å². The third-order valence-corrected chi connectivity index (χ3v) is 4.64. The number of nitrogens with zero attached hydrogens (tertiary/aromatic N) is 6. The number of carbonyl (C=O) groups excluding carboxylic acids is 1. The average Bonchev–Trinajstić information content (AvgIpc) is 3.23. The largest absolute Gasteiger partial charge is 0.496 e. The van der Waals surface area contributed by atoms with Crippen molar-refractivity contribution in [3.8, 4) is 17.4 Å². The van der Waals surface area contributed by atoms with Gasteiger partial charge in [0.2, 0.25) is 0 Å². The van der Waals surface area contributed by atoms with Gasteiger partial charge in [-0.25, -0.2) is 15.4 Å². The van der Waals surface area contributed by atoms with Crippen LogP contribution in [0, 0.1) is 5.92 Å². The van der Waals surface area contributed by atoms with E-state index in [1.807, 2.05) is 4.57 Å². The van der Waals surface area contributed by atoms with Gasteiger partial charge < -0.3 is 14.0 Å². The van der Waals surface area contributed by atoms with E-state index in [0.29, 0.717) is 45.6 Å². The summed E-state index contributed by atoms with van der Waals surface area (Å²) in [5.74, 6) is 1.48. The molecule has 0 fully saturated rings. The minimum atomic E-state index is -0.358. The van der Waals surface area contributed by atoms with Crippen LogP contribution in [-0.4, -0.2) is 43.7 Å². The van der Waals surface area contributed by atoms with Crippen molar-refractivity contribution in [3.63, 3.8) is 0 Å². The molecule has 0 aliphatic carbocycles. The number of hydrogen-bond donors (Lipinski definition) is 1. The predicted molar refractivity (Wildman–Crippen MR) is 123 cm³/mol. The second kappa shape index (κ2) is 9.86. The third-order valence-electron chi connectivity index (χ3n) is 4.64. The first-order chi connectivity index (χ1) is 16.0. The smallest absolute Gasteiger partial charge is 0.272 e. The molecule has 0 saturated heterocycles. The highest BCUT2D eigenvalue weighted by Crippen LogP contribution is 2.29. The van der Waals surface area contributed by atoms with Crippen LogP contribution in [0.3, 0.4) is 0 Å². The second-order valence-electron chi connectivity index (χ2n) is 7.59. The number of hydrogen-bond acceptors (Lipinski definition) is 8. The molecule has 1 aromatic carbocycles. The lowest BCUT2D eigenvalue weighted by atomic mass is 10.2. The van der Waals surface area contributed by atoms with E-state index in [4.69, 9.17) is 9.47 Å². The molecule has 0 aliphatic rings. The number of methoxy groups -OCH3 is 1. The molecule has 3 heterocycles. The Kier molecular flexibility index (Phi) is 6.53. The monoisotopic (exact) mass is 445 g/mol. The fraction of sp³-hybridized carbons (Fsp3) is 0.217. The molecule has 4 aromatic rings. The summed E-state index contributed by atoms with van der Waals surface area (Å²) in [5, 5.41) is 4.00. The maximum atomic E-state index is 12.1. The van der Waals surface area contributed by atoms with Gasteiger partial charge in [-0.1, -0.05) is 13.8 Å². The van der Waals surface area contributed by atoms with E-state index in [9.17, 15) is 4.79 Å². The molecule has 0 radical (unpaired) electrons. The summed E-state index contributed by atoms with van der Waals surface area (Å²) >= 11 is 0. The Morgan fingerprint density at radius 1 is 1.24 bits per heavy atom. The van der Waals surface area contributed by atoms with Crippen LogP contribution in [0.5, 0.6) is 17.4 Å². The van der Waals surface area contributed by atoms with E-state index in [1.165, 1.54) is 18.7 Å². The van der Waals surface area contributed by atoms with E-state index in [0.717, 1.165) is 6.54 Å². The van der Waals surface area contributed by atoms with Crippen LogP contribution in [0.2, 0.25) is 0 Å². The molecule has 33 heavy (non-hydrogen) atoms. The fourth-order valence-electron chi connectivity index (χ4n) is 3.16. The molecule has 3 aromatic heterocycles. The first-order valence-corrected chi connectivity index (χ1v) is 10.3. The van der Waals surface area contributed by atoms with Gasteiger partial charge in [0.15, 0.2) is 11.2 Å². The standard InChI is InChI=1S/C23H23N7O3/c1-15(2)12-30-14-27-20-21(30)25-13-26-23(20)33-18-7-6-16(19(9-18)32-3)11-28-29-22(31)17-5-4-8-24-10-17/h4-11,13-15H,12H2,1-3H3,(H,29,31)/b28-11+. The number of imidazole rings is 1. The molecule has 10 nitrogen and oxygen atoms in total. The summed E-state index contributed by atoms with van der Waals surface area (Å²) in [4.78, 5) is 29.0. The van der Waals surface area contributed by atoms with Crippen LogP contribution >= 0.6 is 0 Å². The number of benzene rings is 1. The number of aromatic nitrogens is 5. The maximum Gasteiger partial charge on any atom is 0.272 e. The van der Waals surface area contributed by atoms with Crippen LogP contribution in [0.25, 0.3) is 11.2 Å². The van der Waals surface area contributed by atoms with Crippen LogP contribution < -0.4 is 14.9 Å². The van der Waals surface area contributed by atoms with Crippen molar-refractivity contribution >= 4 is 23.3 Å². The molecule has 0 atom stereocenters. The first kappa shape index (κ1) is 21.9. The van der Waals surface area contributed by atoms with Crippen molar-refractivity contribution in [2.24, 2.45) is 11.0 Å². The molecule has 4 rings (SSSR count). The lowest BCUT2D eigenvalue weighted by Gasteiger charge is -2.10. The topological polar surface area (TPSA) is 116 Å². The summed E-state index contributed by atoms with van der Waals surface area (Å²) in [7, 11) is 1.54. The Labute approximate surface area is 190 Å². The molecular formula is C23H23N7O3. The molecule has 0 saturated carbocycles. The molecule has 0 spiro atoms. The number of hydrazone groups is 1. The average molecular weight is 445 g/mol. The zero-order chi connectivity index (χ0) is 23.2. The number of fused-ring (bicyclic) bond motifs is 1. The highest BCUT2D eigenvalue weighted by molar-refractivity contribution is 5.94. The van der Waals surface area contributed by atoms with E-state index in [-0.39, 0.29) is 5.91 Å². The summed E-state index contributed by atoms with van der Waals surface area (Å²) < 4.78 is 13.4. The second-order valence-corrected chi connectivity index (χ2v) is 7.59. The Balaban J connectivity index is 1.50. The number of nitrogens with one attached hydrogen (secondary N) is 1. The predicted octanol–water partition coefficient (Wildman–Crippen LogP) is 3.44. The summed E-state index contributed by atoms with van der Waals surface area (Å²) in [5.41, 5.74) is 4.84. The van der Waals surface area contributed by atoms with Gasteiger partial charge in [0.25, 0.3) is 11.8 Å². The SMILES string of the molecule is COc1cc(Oc2ncnc3c2ncn3CC(C)C)ccc1/C=N/NC(=O)c1cccnc1. The fourth-order valence-corrected chi connectivity index (χ4v) is 3.16. The van der Waals surface area contributed by atoms with E-state index < -0.39 is 0 Å². The normalized spacial score (nSPS) is 11.3. The highest BCUT2D eigenvalue weighted by atomic mass is 16.5. The molecule has 168 valence electrons. The van der Waals surface area contributed by atoms with Gasteiger partial charge >= 0.3 is 0 Å².